The fraction of sp³-hybridized carbons (Fsp3) is 0.278. The van der Waals surface area contributed by atoms with E-state index in [0.29, 0.717) is 11.3 Å². The number of sulfonamides is 1. The monoisotopic (exact) mass is 346 g/mol. The van der Waals surface area contributed by atoms with Crippen LogP contribution in [-0.2, 0) is 10.0 Å². The van der Waals surface area contributed by atoms with Gasteiger partial charge in [-0.05, 0) is 37.6 Å². The van der Waals surface area contributed by atoms with Crippen LogP contribution in [0.2, 0.25) is 0 Å². The molecule has 0 saturated heterocycles. The molecule has 0 aliphatic rings. The number of nitrogens with one attached hydrogen (secondary N) is 1. The number of carbonyl (C=O) groups is 1. The fourth-order valence-corrected chi connectivity index (χ4v) is 3.12. The highest BCUT2D eigenvalue weighted by atomic mass is 32.2. The van der Waals surface area contributed by atoms with Crippen LogP contribution in [0.4, 0.5) is 5.69 Å². The van der Waals surface area contributed by atoms with Gasteiger partial charge in [-0.15, -0.1) is 0 Å². The number of benzene rings is 2. The highest BCUT2D eigenvalue weighted by Gasteiger charge is 2.18. The Hall–Kier alpha value is -2.34. The van der Waals surface area contributed by atoms with Crippen LogP contribution >= 0.6 is 0 Å². The van der Waals surface area contributed by atoms with Crippen LogP contribution < -0.4 is 9.62 Å². The van der Waals surface area contributed by atoms with Crippen LogP contribution in [0.3, 0.4) is 0 Å². The highest BCUT2D eigenvalue weighted by molar-refractivity contribution is 7.92. The van der Waals surface area contributed by atoms with E-state index in [1.54, 1.807) is 31.2 Å². The Bertz CT molecular complexity index is 804. The summed E-state index contributed by atoms with van der Waals surface area (Å²) in [6.45, 7) is 3.49. The molecule has 2 rings (SSSR count). The zero-order valence-corrected chi connectivity index (χ0v) is 14.9. The van der Waals surface area contributed by atoms with Gasteiger partial charge in [-0.1, -0.05) is 36.4 Å². The van der Waals surface area contributed by atoms with Gasteiger partial charge in [-0.2, -0.15) is 0 Å². The molecule has 0 spiro atoms. The van der Waals surface area contributed by atoms with Crippen molar-refractivity contribution in [1.82, 2.24) is 5.32 Å². The zero-order valence-electron chi connectivity index (χ0n) is 14.1. The molecule has 0 bridgehead atoms. The average molecular weight is 346 g/mol. The van der Waals surface area contributed by atoms with E-state index < -0.39 is 10.0 Å². The maximum Gasteiger partial charge on any atom is 0.251 e. The molecule has 24 heavy (non-hydrogen) atoms. The molecule has 0 aromatic heterocycles. The van der Waals surface area contributed by atoms with E-state index >= 15 is 0 Å². The molecule has 0 radical (unpaired) electrons. The summed E-state index contributed by atoms with van der Waals surface area (Å²) in [5.41, 5.74) is 1.90. The highest BCUT2D eigenvalue weighted by Crippen LogP contribution is 2.19. The lowest BCUT2D eigenvalue weighted by molar-refractivity contribution is 0.0940. The Morgan fingerprint density at radius 1 is 1.12 bits per heavy atom. The standard InChI is InChI=1S/C18H22N2O3S/c1-4-24(22,23)20(3)17-12-8-11-16(13-17)18(21)19-14(2)15-9-6-5-7-10-15/h5-14H,4H2,1-3H3,(H,19,21)/t14-/m0/s1. The number of hydrogen-bond acceptors (Lipinski definition) is 3. The Morgan fingerprint density at radius 2 is 1.79 bits per heavy atom. The van der Waals surface area contributed by atoms with E-state index in [-0.39, 0.29) is 17.7 Å². The maximum atomic E-state index is 12.4. The second-order valence-electron chi connectivity index (χ2n) is 5.52. The predicted molar refractivity (Wildman–Crippen MR) is 96.6 cm³/mol. The van der Waals surface area contributed by atoms with E-state index in [1.165, 1.54) is 11.4 Å². The maximum absolute atomic E-state index is 12.4. The Kier molecular flexibility index (Phi) is 5.62. The van der Waals surface area contributed by atoms with Gasteiger partial charge in [0.2, 0.25) is 10.0 Å². The van der Waals surface area contributed by atoms with Crippen molar-refractivity contribution in [3.8, 4) is 0 Å². The second kappa shape index (κ2) is 7.49. The van der Waals surface area contributed by atoms with Gasteiger partial charge in [0.15, 0.2) is 0 Å². The number of amides is 1. The van der Waals surface area contributed by atoms with Crippen molar-refractivity contribution >= 4 is 21.6 Å². The lowest BCUT2D eigenvalue weighted by Crippen LogP contribution is -2.29. The average Bonchev–Trinajstić information content (AvgIpc) is 2.61. The van der Waals surface area contributed by atoms with Gasteiger partial charge >= 0.3 is 0 Å². The van der Waals surface area contributed by atoms with Crippen LogP contribution in [0.25, 0.3) is 0 Å². The SMILES string of the molecule is CCS(=O)(=O)N(C)c1cccc(C(=O)N[C@@H](C)c2ccccc2)c1. The molecule has 5 nitrogen and oxygen atoms in total. The molecule has 1 atom stereocenters. The van der Waals surface area contributed by atoms with Crippen molar-refractivity contribution in [3.05, 3.63) is 65.7 Å². The first-order chi connectivity index (χ1) is 11.3. The summed E-state index contributed by atoms with van der Waals surface area (Å²) < 4.78 is 25.1. The molecule has 0 heterocycles. The zero-order chi connectivity index (χ0) is 17.7. The van der Waals surface area contributed by atoms with Gasteiger partial charge in [-0.3, -0.25) is 9.10 Å². The van der Waals surface area contributed by atoms with Gasteiger partial charge in [-0.25, -0.2) is 8.42 Å². The van der Waals surface area contributed by atoms with Crippen LogP contribution in [-0.4, -0.2) is 27.1 Å². The van der Waals surface area contributed by atoms with Crippen LogP contribution in [0.1, 0.15) is 35.8 Å². The van der Waals surface area contributed by atoms with Gasteiger partial charge < -0.3 is 5.32 Å². The Morgan fingerprint density at radius 3 is 2.42 bits per heavy atom. The van der Waals surface area contributed by atoms with Crippen molar-refractivity contribution in [2.24, 2.45) is 0 Å². The summed E-state index contributed by atoms with van der Waals surface area (Å²) >= 11 is 0. The third-order valence-corrected chi connectivity index (χ3v) is 5.68. The molecule has 0 fully saturated rings. The first-order valence-corrected chi connectivity index (χ1v) is 9.38. The first kappa shape index (κ1) is 18.0. The Labute approximate surface area is 143 Å². The van der Waals surface area contributed by atoms with E-state index in [1.807, 2.05) is 37.3 Å². The van der Waals surface area contributed by atoms with Gasteiger partial charge in [0.05, 0.1) is 17.5 Å². The van der Waals surface area contributed by atoms with Gasteiger partial charge in [0.25, 0.3) is 5.91 Å². The quantitative estimate of drug-likeness (QED) is 0.874. The molecule has 6 heteroatoms. The summed E-state index contributed by atoms with van der Waals surface area (Å²) in [4.78, 5) is 12.4. The molecule has 128 valence electrons. The number of nitrogens with zero attached hydrogens (tertiary/aromatic N) is 1. The second-order valence-corrected chi connectivity index (χ2v) is 7.81. The molecule has 1 N–H and O–H groups in total. The third kappa shape index (κ3) is 4.14. The van der Waals surface area contributed by atoms with Crippen LogP contribution in [0.15, 0.2) is 54.6 Å². The molecular weight excluding hydrogens is 324 g/mol. The van der Waals surface area contributed by atoms with Crippen molar-refractivity contribution in [2.75, 3.05) is 17.1 Å². The smallest absolute Gasteiger partial charge is 0.251 e. The summed E-state index contributed by atoms with van der Waals surface area (Å²) in [5.74, 6) is -0.235. The molecule has 1 amide bonds. The summed E-state index contributed by atoms with van der Waals surface area (Å²) in [5, 5.41) is 2.92. The van der Waals surface area contributed by atoms with E-state index in [4.69, 9.17) is 0 Å². The molecule has 0 aliphatic carbocycles. The topological polar surface area (TPSA) is 66.5 Å². The predicted octanol–water partition coefficient (Wildman–Crippen LogP) is 2.96. The number of carbonyl (C=O) groups excluding carboxylic acids is 1. The fourth-order valence-electron chi connectivity index (χ4n) is 2.30. The van der Waals surface area contributed by atoms with Crippen molar-refractivity contribution in [1.29, 1.82) is 0 Å². The number of rotatable bonds is 6. The third-order valence-electron chi connectivity index (χ3n) is 3.90. The lowest BCUT2D eigenvalue weighted by Gasteiger charge is -2.19. The number of hydrogen-bond donors (Lipinski definition) is 1. The molecule has 2 aromatic rings. The molecule has 0 unspecified atom stereocenters. The van der Waals surface area contributed by atoms with E-state index in [0.717, 1.165) is 5.56 Å². The van der Waals surface area contributed by atoms with Crippen LogP contribution in [0.5, 0.6) is 0 Å². The van der Waals surface area contributed by atoms with E-state index in [2.05, 4.69) is 5.32 Å². The van der Waals surface area contributed by atoms with Crippen molar-refractivity contribution in [2.45, 2.75) is 19.9 Å². The number of anilines is 1. The molecule has 0 saturated carbocycles. The largest absolute Gasteiger partial charge is 0.346 e. The summed E-state index contributed by atoms with van der Waals surface area (Å²) in [6, 6.07) is 16.1. The first-order valence-electron chi connectivity index (χ1n) is 7.77. The molecule has 2 aromatic carbocycles. The normalized spacial score (nSPS) is 12.5. The van der Waals surface area contributed by atoms with Crippen LogP contribution in [0, 0.1) is 0 Å². The minimum absolute atomic E-state index is 0.00493. The molecular formula is C18H22N2O3S. The van der Waals surface area contributed by atoms with Gasteiger partial charge in [0.1, 0.15) is 0 Å². The van der Waals surface area contributed by atoms with Crippen molar-refractivity contribution < 1.29 is 13.2 Å². The minimum atomic E-state index is -3.36. The van der Waals surface area contributed by atoms with E-state index in [9.17, 15) is 13.2 Å². The lowest BCUT2D eigenvalue weighted by atomic mass is 10.1. The minimum Gasteiger partial charge on any atom is -0.346 e. The molecule has 0 aliphatic heterocycles. The van der Waals surface area contributed by atoms with Gasteiger partial charge in [0, 0.05) is 12.6 Å². The summed E-state index contributed by atoms with van der Waals surface area (Å²) in [7, 11) is -1.87. The summed E-state index contributed by atoms with van der Waals surface area (Å²) in [6.07, 6.45) is 0. The Balaban J connectivity index is 2.18. The van der Waals surface area contributed by atoms with Crippen molar-refractivity contribution in [3.63, 3.8) is 0 Å².